The van der Waals surface area contributed by atoms with Gasteiger partial charge in [-0.2, -0.15) is 0 Å². The van der Waals surface area contributed by atoms with Crippen molar-refractivity contribution in [3.63, 3.8) is 0 Å². The van der Waals surface area contributed by atoms with E-state index in [9.17, 15) is 18.0 Å². The molecule has 3 rings (SSSR count). The van der Waals surface area contributed by atoms with Gasteiger partial charge in [0.1, 0.15) is 12.6 Å². The summed E-state index contributed by atoms with van der Waals surface area (Å²) < 4.78 is 26.8. The summed E-state index contributed by atoms with van der Waals surface area (Å²) in [6, 6.07) is 23.5. The van der Waals surface area contributed by atoms with Crippen LogP contribution < -0.4 is 9.62 Å². The third-order valence-corrected chi connectivity index (χ3v) is 7.62. The summed E-state index contributed by atoms with van der Waals surface area (Å²) in [5.41, 5.74) is 4.25. The van der Waals surface area contributed by atoms with E-state index in [2.05, 4.69) is 19.2 Å². The number of anilines is 1. The first-order valence-corrected chi connectivity index (χ1v) is 14.5. The molecule has 202 valence electrons. The summed E-state index contributed by atoms with van der Waals surface area (Å²) in [5.74, 6) is -0.495. The maximum absolute atomic E-state index is 13.9. The van der Waals surface area contributed by atoms with Crippen LogP contribution in [0.1, 0.15) is 42.0 Å². The van der Waals surface area contributed by atoms with E-state index in [1.165, 1.54) is 11.9 Å². The van der Waals surface area contributed by atoms with Crippen LogP contribution in [0.15, 0.2) is 78.9 Å². The van der Waals surface area contributed by atoms with E-state index < -0.39 is 28.5 Å². The molecule has 1 unspecified atom stereocenters. The highest BCUT2D eigenvalue weighted by Crippen LogP contribution is 2.23. The second kappa shape index (κ2) is 12.7. The molecule has 0 aliphatic heterocycles. The van der Waals surface area contributed by atoms with Gasteiger partial charge in [0.2, 0.25) is 21.8 Å². The van der Waals surface area contributed by atoms with Gasteiger partial charge in [0.25, 0.3) is 0 Å². The molecule has 0 aromatic heterocycles. The average Bonchev–Trinajstić information content (AvgIpc) is 2.88. The lowest BCUT2D eigenvalue weighted by molar-refractivity contribution is -0.139. The second-order valence-electron chi connectivity index (χ2n) is 9.85. The van der Waals surface area contributed by atoms with Crippen molar-refractivity contribution < 1.29 is 18.0 Å². The quantitative estimate of drug-likeness (QED) is 0.397. The SMILES string of the molecule is CNC(=O)C(Cc1ccccc1)N(Cc1cccc(C)c1)C(=O)CN(c1ccc(C(C)C)cc1)S(C)(=O)=O. The molecule has 38 heavy (non-hydrogen) atoms. The summed E-state index contributed by atoms with van der Waals surface area (Å²) in [5, 5.41) is 2.69. The fourth-order valence-electron chi connectivity index (χ4n) is 4.37. The van der Waals surface area contributed by atoms with Crippen LogP contribution in [-0.4, -0.2) is 51.0 Å². The van der Waals surface area contributed by atoms with Crippen molar-refractivity contribution in [2.24, 2.45) is 0 Å². The van der Waals surface area contributed by atoms with Gasteiger partial charge in [0.05, 0.1) is 11.9 Å². The smallest absolute Gasteiger partial charge is 0.244 e. The van der Waals surface area contributed by atoms with E-state index in [0.29, 0.717) is 12.1 Å². The number of hydrogen-bond acceptors (Lipinski definition) is 4. The van der Waals surface area contributed by atoms with E-state index in [0.717, 1.165) is 32.8 Å². The minimum Gasteiger partial charge on any atom is -0.357 e. The Bertz CT molecular complexity index is 1340. The topological polar surface area (TPSA) is 86.8 Å². The van der Waals surface area contributed by atoms with Crippen molar-refractivity contribution in [1.82, 2.24) is 10.2 Å². The predicted octanol–water partition coefficient (Wildman–Crippen LogP) is 4.27. The van der Waals surface area contributed by atoms with Gasteiger partial charge in [-0.1, -0.05) is 86.1 Å². The lowest BCUT2D eigenvalue weighted by Crippen LogP contribution is -2.52. The number of carbonyl (C=O) groups is 2. The highest BCUT2D eigenvalue weighted by molar-refractivity contribution is 7.92. The monoisotopic (exact) mass is 535 g/mol. The van der Waals surface area contributed by atoms with Crippen LogP contribution in [0.3, 0.4) is 0 Å². The lowest BCUT2D eigenvalue weighted by Gasteiger charge is -2.33. The lowest BCUT2D eigenvalue weighted by atomic mass is 10.0. The number of nitrogens with one attached hydrogen (secondary N) is 1. The average molecular weight is 536 g/mol. The third kappa shape index (κ3) is 7.68. The van der Waals surface area contributed by atoms with Crippen LogP contribution in [-0.2, 0) is 32.6 Å². The molecule has 7 nitrogen and oxygen atoms in total. The van der Waals surface area contributed by atoms with Gasteiger partial charge in [-0.3, -0.25) is 13.9 Å². The Morgan fingerprint density at radius 3 is 2.08 bits per heavy atom. The van der Waals surface area contributed by atoms with Gasteiger partial charge < -0.3 is 10.2 Å². The van der Waals surface area contributed by atoms with Gasteiger partial charge >= 0.3 is 0 Å². The van der Waals surface area contributed by atoms with E-state index in [1.54, 1.807) is 12.1 Å². The molecule has 0 aliphatic rings. The van der Waals surface area contributed by atoms with Crippen LogP contribution in [0, 0.1) is 6.92 Å². The highest BCUT2D eigenvalue weighted by atomic mass is 32.2. The molecule has 0 aliphatic carbocycles. The molecule has 3 aromatic rings. The van der Waals surface area contributed by atoms with Crippen molar-refractivity contribution in [2.75, 3.05) is 24.2 Å². The van der Waals surface area contributed by atoms with Crippen LogP contribution in [0.5, 0.6) is 0 Å². The summed E-state index contributed by atoms with van der Waals surface area (Å²) >= 11 is 0. The molecule has 3 aromatic carbocycles. The van der Waals surface area contributed by atoms with Crippen molar-refractivity contribution in [3.05, 3.63) is 101 Å². The Morgan fingerprint density at radius 2 is 1.53 bits per heavy atom. The predicted molar refractivity (Wildman–Crippen MR) is 152 cm³/mol. The van der Waals surface area contributed by atoms with Crippen LogP contribution in [0.2, 0.25) is 0 Å². The molecule has 0 radical (unpaired) electrons. The maximum Gasteiger partial charge on any atom is 0.244 e. The minimum atomic E-state index is -3.78. The van der Waals surface area contributed by atoms with Crippen molar-refractivity contribution in [1.29, 1.82) is 0 Å². The summed E-state index contributed by atoms with van der Waals surface area (Å²) in [7, 11) is -2.25. The van der Waals surface area contributed by atoms with Crippen LogP contribution in [0.25, 0.3) is 0 Å². The Kier molecular flexibility index (Phi) is 9.69. The first-order valence-electron chi connectivity index (χ1n) is 12.7. The molecule has 0 spiro atoms. The molecule has 8 heteroatoms. The van der Waals surface area contributed by atoms with Crippen molar-refractivity contribution in [2.45, 2.75) is 45.7 Å². The number of carbonyl (C=O) groups excluding carboxylic acids is 2. The molecular weight excluding hydrogens is 498 g/mol. The molecule has 0 bridgehead atoms. The fourth-order valence-corrected chi connectivity index (χ4v) is 5.22. The van der Waals surface area contributed by atoms with Gasteiger partial charge in [-0.15, -0.1) is 0 Å². The van der Waals surface area contributed by atoms with Crippen LogP contribution in [0.4, 0.5) is 5.69 Å². The minimum absolute atomic E-state index is 0.162. The molecule has 0 saturated carbocycles. The van der Waals surface area contributed by atoms with Gasteiger partial charge in [0, 0.05) is 20.0 Å². The molecule has 0 saturated heterocycles. The summed E-state index contributed by atoms with van der Waals surface area (Å²) in [4.78, 5) is 28.6. The Morgan fingerprint density at radius 1 is 0.895 bits per heavy atom. The Balaban J connectivity index is 2.01. The number of hydrogen-bond donors (Lipinski definition) is 1. The van der Waals surface area contributed by atoms with E-state index in [1.807, 2.05) is 73.7 Å². The third-order valence-electron chi connectivity index (χ3n) is 6.48. The number of aryl methyl sites for hydroxylation is 1. The number of rotatable bonds is 11. The first kappa shape index (κ1) is 28.9. The Hall–Kier alpha value is -3.65. The summed E-state index contributed by atoms with van der Waals surface area (Å²) in [6.07, 6.45) is 1.38. The van der Waals surface area contributed by atoms with Gasteiger partial charge in [0.15, 0.2) is 0 Å². The Labute approximate surface area is 226 Å². The zero-order chi connectivity index (χ0) is 27.9. The zero-order valence-corrected chi connectivity index (χ0v) is 23.5. The standard InChI is InChI=1S/C30H37N3O4S/c1-22(2)26-14-16-27(17-15-26)33(38(5,36)37)21-29(34)32(20-25-13-9-10-23(3)18-25)28(30(35)31-4)19-24-11-7-6-8-12-24/h6-18,22,28H,19-21H2,1-5H3,(H,31,35). The van der Waals surface area contributed by atoms with E-state index in [4.69, 9.17) is 0 Å². The molecule has 1 N–H and O–H groups in total. The van der Waals surface area contributed by atoms with Crippen molar-refractivity contribution >= 4 is 27.5 Å². The number of nitrogens with zero attached hydrogens (tertiary/aromatic N) is 2. The normalized spacial score (nSPS) is 12.2. The van der Waals surface area contributed by atoms with E-state index >= 15 is 0 Å². The number of amides is 2. The second-order valence-corrected chi connectivity index (χ2v) is 11.8. The molecule has 1 atom stereocenters. The van der Waals surface area contributed by atoms with Crippen molar-refractivity contribution in [3.8, 4) is 0 Å². The molecule has 0 heterocycles. The number of benzene rings is 3. The van der Waals surface area contributed by atoms with Gasteiger partial charge in [-0.25, -0.2) is 8.42 Å². The van der Waals surface area contributed by atoms with Crippen LogP contribution >= 0.6 is 0 Å². The summed E-state index contributed by atoms with van der Waals surface area (Å²) in [6.45, 7) is 5.81. The van der Waals surface area contributed by atoms with Gasteiger partial charge in [-0.05, 0) is 41.7 Å². The van der Waals surface area contributed by atoms with E-state index in [-0.39, 0.29) is 18.4 Å². The molecule has 2 amide bonds. The maximum atomic E-state index is 13.9. The zero-order valence-electron chi connectivity index (χ0n) is 22.7. The highest BCUT2D eigenvalue weighted by Gasteiger charge is 2.32. The first-order chi connectivity index (χ1) is 18.0. The molecule has 0 fully saturated rings. The number of sulfonamides is 1. The fraction of sp³-hybridized carbons (Fsp3) is 0.333. The number of likely N-dealkylation sites (N-methyl/N-ethyl adjacent to an activating group) is 1. The largest absolute Gasteiger partial charge is 0.357 e. The molecular formula is C30H37N3O4S.